The van der Waals surface area contributed by atoms with Gasteiger partial charge < -0.3 is 29.7 Å². The van der Waals surface area contributed by atoms with E-state index < -0.39 is 47.4 Å². The molecular weight excluding hydrogens is 586 g/mol. The molecular formula is C36H35N3O7. The van der Waals surface area contributed by atoms with Crippen LogP contribution in [0.2, 0.25) is 0 Å². The average Bonchev–Trinajstić information content (AvgIpc) is 3.45. The molecule has 6 atom stereocenters. The molecule has 2 N–H and O–H groups in total. The number of ether oxygens (including phenoxy) is 2. The predicted octanol–water partition coefficient (Wildman–Crippen LogP) is 3.07. The molecule has 4 heterocycles. The molecule has 3 aromatic carbocycles. The number of benzene rings is 3. The van der Waals surface area contributed by atoms with E-state index in [-0.39, 0.29) is 44.6 Å². The number of hydrogen-bond donors (Lipinski definition) is 2. The minimum absolute atomic E-state index is 0.0708. The van der Waals surface area contributed by atoms with Crippen LogP contribution in [0.25, 0.3) is 10.8 Å². The van der Waals surface area contributed by atoms with E-state index in [4.69, 9.17) is 9.47 Å². The smallest absolute Gasteiger partial charge is 0.306 e. The zero-order valence-corrected chi connectivity index (χ0v) is 25.2. The summed E-state index contributed by atoms with van der Waals surface area (Å²) in [6.07, 6.45) is 6.73. The Morgan fingerprint density at radius 3 is 2.50 bits per heavy atom. The maximum absolute atomic E-state index is 14.6. The molecule has 0 aromatic heterocycles. The number of nitrogens with zero attached hydrogens (tertiary/aromatic N) is 2. The van der Waals surface area contributed by atoms with Crippen molar-refractivity contribution >= 4 is 40.2 Å². The van der Waals surface area contributed by atoms with Gasteiger partial charge in [-0.25, -0.2) is 0 Å². The van der Waals surface area contributed by atoms with E-state index in [0.717, 1.165) is 16.3 Å². The highest BCUT2D eigenvalue weighted by atomic mass is 16.5. The number of β-amino-alcohol motifs (C(OH)–C–C–N with tert-alkyl or cyclic N) is 1. The molecule has 4 aliphatic heterocycles. The van der Waals surface area contributed by atoms with Crippen molar-refractivity contribution in [1.82, 2.24) is 10.2 Å². The number of likely N-dealkylation sites (tertiary alicyclic amines) is 1. The number of cyclic esters (lactones) is 1. The lowest BCUT2D eigenvalue weighted by molar-refractivity contribution is -0.146. The number of fused-ring (bicyclic) bond motifs is 3. The van der Waals surface area contributed by atoms with Crippen LogP contribution in [0.3, 0.4) is 0 Å². The fourth-order valence-corrected chi connectivity index (χ4v) is 7.36. The summed E-state index contributed by atoms with van der Waals surface area (Å²) in [6.45, 7) is -0.286. The minimum atomic E-state index is -1.46. The third-order valence-electron chi connectivity index (χ3n) is 9.45. The lowest BCUT2D eigenvalue weighted by Crippen LogP contribution is -2.55. The molecule has 2 saturated heterocycles. The maximum Gasteiger partial charge on any atom is 0.306 e. The van der Waals surface area contributed by atoms with E-state index in [2.05, 4.69) is 5.32 Å². The maximum atomic E-state index is 14.6. The molecule has 10 heteroatoms. The number of carbonyl (C=O) groups excluding carboxylic acids is 4. The second kappa shape index (κ2) is 12.2. The molecule has 4 aliphatic rings. The van der Waals surface area contributed by atoms with E-state index in [9.17, 15) is 24.3 Å². The summed E-state index contributed by atoms with van der Waals surface area (Å²) in [5, 5.41) is 15.0. The van der Waals surface area contributed by atoms with Gasteiger partial charge in [0.05, 0.1) is 30.6 Å². The number of aliphatic hydroxyl groups is 1. The summed E-state index contributed by atoms with van der Waals surface area (Å²) >= 11 is 0. The first-order valence-electron chi connectivity index (χ1n) is 15.7. The first-order chi connectivity index (χ1) is 22.4. The number of allylic oxidation sites excluding steroid dienone is 1. The van der Waals surface area contributed by atoms with Crippen LogP contribution in [0, 0.1) is 11.8 Å². The largest absolute Gasteiger partial charge is 0.463 e. The highest BCUT2D eigenvalue weighted by Crippen LogP contribution is 2.53. The summed E-state index contributed by atoms with van der Waals surface area (Å²) in [5.74, 6) is -3.63. The summed E-state index contributed by atoms with van der Waals surface area (Å²) in [5.41, 5.74) is -0.0435. The number of aliphatic hydroxyl groups excluding tert-OH is 1. The highest BCUT2D eigenvalue weighted by molar-refractivity contribution is 6.06. The fraction of sp³-hybridized carbons (Fsp3) is 0.333. The molecule has 46 heavy (non-hydrogen) atoms. The zero-order valence-electron chi connectivity index (χ0n) is 25.2. The molecule has 2 fully saturated rings. The van der Waals surface area contributed by atoms with Crippen LogP contribution in [0.1, 0.15) is 24.4 Å². The first-order valence-corrected chi connectivity index (χ1v) is 15.7. The van der Waals surface area contributed by atoms with Crippen LogP contribution >= 0.6 is 0 Å². The second-order valence-corrected chi connectivity index (χ2v) is 12.1. The molecule has 1 spiro atoms. The van der Waals surface area contributed by atoms with Gasteiger partial charge in [0.25, 0.3) is 5.91 Å². The Bertz CT molecular complexity index is 1740. The molecule has 236 valence electrons. The summed E-state index contributed by atoms with van der Waals surface area (Å²) < 4.78 is 12.2. The van der Waals surface area contributed by atoms with Gasteiger partial charge in [-0.15, -0.1) is 0 Å². The van der Waals surface area contributed by atoms with Gasteiger partial charge in [0.2, 0.25) is 11.8 Å². The normalized spacial score (nSPS) is 30.4. The van der Waals surface area contributed by atoms with Crippen molar-refractivity contribution in [3.05, 3.63) is 103 Å². The van der Waals surface area contributed by atoms with Gasteiger partial charge in [-0.3, -0.25) is 19.2 Å². The highest BCUT2D eigenvalue weighted by Gasteiger charge is 2.71. The van der Waals surface area contributed by atoms with E-state index in [0.29, 0.717) is 12.1 Å². The molecule has 3 amide bonds. The van der Waals surface area contributed by atoms with Gasteiger partial charge in [-0.2, -0.15) is 0 Å². The summed E-state index contributed by atoms with van der Waals surface area (Å²) in [6, 6.07) is 21.1. The van der Waals surface area contributed by atoms with E-state index >= 15 is 0 Å². The van der Waals surface area contributed by atoms with Crippen LogP contribution in [0.5, 0.6) is 0 Å². The number of carbonyl (C=O) groups is 4. The van der Waals surface area contributed by atoms with Gasteiger partial charge in [0.1, 0.15) is 18.2 Å². The van der Waals surface area contributed by atoms with E-state index in [1.54, 1.807) is 23.1 Å². The van der Waals surface area contributed by atoms with Crippen LogP contribution < -0.4 is 10.2 Å². The summed E-state index contributed by atoms with van der Waals surface area (Å²) in [4.78, 5) is 58.6. The fourth-order valence-electron chi connectivity index (χ4n) is 7.36. The standard InChI is InChI=1S/C36H35N3O7/c40-20-19-39-32-35(44)38(26-16-15-23-9-4-5-12-25(23)21-26)18-8-17-36(32)31(34(39)43)30-28(46-36)13-6-7-14-29(41)45-22-27(37-33(30)42)24-10-2-1-3-11-24/h1-6,8-13,15-17,21,27-28,30-32,40H,7,14,18-20,22H2,(H,37,42)/b13-6-/t27-,28+,30-,31-,32+,36-/m1/s1. The van der Waals surface area contributed by atoms with Gasteiger partial charge in [0.15, 0.2) is 0 Å². The molecule has 3 aromatic rings. The van der Waals surface area contributed by atoms with Gasteiger partial charge >= 0.3 is 5.97 Å². The third kappa shape index (κ3) is 5.07. The quantitative estimate of drug-likeness (QED) is 0.339. The number of esters is 1. The van der Waals surface area contributed by atoms with Crippen molar-refractivity contribution < 1.29 is 33.8 Å². The summed E-state index contributed by atoms with van der Waals surface area (Å²) in [7, 11) is 0. The first kappa shape index (κ1) is 29.9. The number of rotatable bonds is 4. The number of anilines is 1. The van der Waals surface area contributed by atoms with Gasteiger partial charge in [-0.1, -0.05) is 85.0 Å². The van der Waals surface area contributed by atoms with Crippen molar-refractivity contribution in [3.63, 3.8) is 0 Å². The monoisotopic (exact) mass is 621 g/mol. The van der Waals surface area contributed by atoms with Crippen molar-refractivity contribution in [1.29, 1.82) is 0 Å². The van der Waals surface area contributed by atoms with Crippen molar-refractivity contribution in [2.24, 2.45) is 11.8 Å². The third-order valence-corrected chi connectivity index (χ3v) is 9.45. The van der Waals surface area contributed by atoms with Crippen molar-refractivity contribution in [2.75, 3.05) is 31.2 Å². The Morgan fingerprint density at radius 2 is 1.70 bits per heavy atom. The molecule has 0 bridgehead atoms. The van der Waals surface area contributed by atoms with E-state index in [1.165, 1.54) is 4.90 Å². The van der Waals surface area contributed by atoms with E-state index in [1.807, 2.05) is 78.9 Å². The van der Waals surface area contributed by atoms with Crippen LogP contribution in [0.15, 0.2) is 97.1 Å². The van der Waals surface area contributed by atoms with Gasteiger partial charge in [0, 0.05) is 25.2 Å². The SMILES string of the molecule is O=C1CC/C=C\[C@@H]2O[C@@]34C=CCN(c5ccc6ccccc6c5)C(=O)[C@@H]3N(CCO)C(=O)[C@H]4[C@@H]2C(=O)N[C@@H](c2ccccc2)CO1. The Kier molecular flexibility index (Phi) is 7.92. The van der Waals surface area contributed by atoms with Crippen LogP contribution in [0.4, 0.5) is 5.69 Å². The lowest BCUT2D eigenvalue weighted by Gasteiger charge is -2.35. The number of nitrogens with one attached hydrogen (secondary N) is 1. The van der Waals surface area contributed by atoms with Crippen LogP contribution in [-0.4, -0.2) is 77.7 Å². The van der Waals surface area contributed by atoms with Gasteiger partial charge in [-0.05, 0) is 34.9 Å². The topological polar surface area (TPSA) is 125 Å². The Labute approximate surface area is 266 Å². The Morgan fingerprint density at radius 1 is 0.913 bits per heavy atom. The average molecular weight is 622 g/mol. The predicted molar refractivity (Wildman–Crippen MR) is 169 cm³/mol. The minimum Gasteiger partial charge on any atom is -0.463 e. The Balaban J connectivity index is 1.29. The Hall–Kier alpha value is -4.80. The molecule has 10 nitrogen and oxygen atoms in total. The molecule has 7 rings (SSSR count). The zero-order chi connectivity index (χ0) is 31.8. The molecule has 0 unspecified atom stereocenters. The number of amides is 3. The lowest BCUT2D eigenvalue weighted by atomic mass is 9.77. The number of hydrogen-bond acceptors (Lipinski definition) is 7. The van der Waals surface area contributed by atoms with Crippen molar-refractivity contribution in [3.8, 4) is 0 Å². The molecule has 0 saturated carbocycles. The van der Waals surface area contributed by atoms with Crippen LogP contribution in [-0.2, 0) is 28.7 Å². The molecule has 0 radical (unpaired) electrons. The van der Waals surface area contributed by atoms with Crippen molar-refractivity contribution in [2.45, 2.75) is 36.6 Å². The second-order valence-electron chi connectivity index (χ2n) is 12.1. The molecule has 0 aliphatic carbocycles.